The van der Waals surface area contributed by atoms with E-state index in [2.05, 4.69) is 34.9 Å². The standard InChI is InChI=1S/C16H22N2/c1-2-4-15-12(3-1)9-14(18-15)10-17-11-16(7-8-16)13-5-6-13/h1-4,13-14,17-18H,5-11H2. The Morgan fingerprint density at radius 2 is 2.06 bits per heavy atom. The molecule has 0 bridgehead atoms. The van der Waals surface area contributed by atoms with Crippen LogP contribution in [0.4, 0.5) is 5.69 Å². The third-order valence-electron chi connectivity index (χ3n) is 5.05. The molecule has 2 aliphatic carbocycles. The van der Waals surface area contributed by atoms with Gasteiger partial charge in [-0.15, -0.1) is 0 Å². The van der Waals surface area contributed by atoms with Crippen LogP contribution in [0.5, 0.6) is 0 Å². The maximum absolute atomic E-state index is 3.72. The molecule has 2 nitrogen and oxygen atoms in total. The molecule has 0 aromatic heterocycles. The quantitative estimate of drug-likeness (QED) is 0.829. The number of hydrogen-bond donors (Lipinski definition) is 2. The largest absolute Gasteiger partial charge is 0.380 e. The van der Waals surface area contributed by atoms with Gasteiger partial charge in [-0.2, -0.15) is 0 Å². The predicted octanol–water partition coefficient (Wildman–Crippen LogP) is 2.80. The molecule has 2 fully saturated rings. The first-order valence-electron chi connectivity index (χ1n) is 7.41. The summed E-state index contributed by atoms with van der Waals surface area (Å²) in [6.45, 7) is 2.37. The first kappa shape index (κ1) is 10.9. The van der Waals surface area contributed by atoms with E-state index in [-0.39, 0.29) is 0 Å². The second-order valence-corrected chi connectivity index (χ2v) is 6.47. The Kier molecular flexibility index (Phi) is 2.41. The van der Waals surface area contributed by atoms with Crippen molar-refractivity contribution in [3.05, 3.63) is 29.8 Å². The Morgan fingerprint density at radius 1 is 1.22 bits per heavy atom. The highest BCUT2D eigenvalue weighted by Crippen LogP contribution is 2.60. The molecule has 2 saturated carbocycles. The van der Waals surface area contributed by atoms with Crippen LogP contribution in [0.1, 0.15) is 31.2 Å². The highest BCUT2D eigenvalue weighted by molar-refractivity contribution is 5.56. The maximum Gasteiger partial charge on any atom is 0.0427 e. The van der Waals surface area contributed by atoms with Gasteiger partial charge in [0.1, 0.15) is 0 Å². The number of hydrogen-bond acceptors (Lipinski definition) is 2. The van der Waals surface area contributed by atoms with Crippen molar-refractivity contribution in [2.75, 3.05) is 18.4 Å². The number of rotatable bonds is 5. The maximum atomic E-state index is 3.72. The zero-order valence-electron chi connectivity index (χ0n) is 10.9. The van der Waals surface area contributed by atoms with Crippen LogP contribution in [-0.2, 0) is 6.42 Å². The second-order valence-electron chi connectivity index (χ2n) is 6.47. The molecule has 3 aliphatic rings. The zero-order chi connectivity index (χ0) is 12.0. The fourth-order valence-corrected chi connectivity index (χ4v) is 3.58. The molecule has 0 amide bonds. The summed E-state index contributed by atoms with van der Waals surface area (Å²) in [5, 5.41) is 7.35. The topological polar surface area (TPSA) is 24.1 Å². The van der Waals surface area contributed by atoms with E-state index in [1.54, 1.807) is 0 Å². The van der Waals surface area contributed by atoms with Crippen molar-refractivity contribution in [1.82, 2.24) is 5.32 Å². The van der Waals surface area contributed by atoms with E-state index in [1.807, 2.05) is 0 Å². The Hall–Kier alpha value is -1.02. The molecule has 18 heavy (non-hydrogen) atoms. The van der Waals surface area contributed by atoms with Gasteiger partial charge in [0.25, 0.3) is 0 Å². The van der Waals surface area contributed by atoms with Gasteiger partial charge in [0, 0.05) is 24.8 Å². The SMILES string of the molecule is c1ccc2c(c1)CC(CNCC1(C3CC3)CC1)N2. The average Bonchev–Trinajstić information content (AvgIpc) is 3.26. The molecule has 2 N–H and O–H groups in total. The normalized spacial score (nSPS) is 27.7. The van der Waals surface area contributed by atoms with Gasteiger partial charge >= 0.3 is 0 Å². The number of nitrogens with one attached hydrogen (secondary N) is 2. The summed E-state index contributed by atoms with van der Waals surface area (Å²) >= 11 is 0. The van der Waals surface area contributed by atoms with Gasteiger partial charge in [-0.3, -0.25) is 0 Å². The van der Waals surface area contributed by atoms with Crippen LogP contribution in [0, 0.1) is 11.3 Å². The van der Waals surface area contributed by atoms with E-state index in [9.17, 15) is 0 Å². The van der Waals surface area contributed by atoms with Crippen molar-refractivity contribution in [2.24, 2.45) is 11.3 Å². The van der Waals surface area contributed by atoms with Gasteiger partial charge in [0.05, 0.1) is 0 Å². The van der Waals surface area contributed by atoms with Crippen LogP contribution in [0.3, 0.4) is 0 Å². The minimum atomic E-state index is 0.595. The van der Waals surface area contributed by atoms with Crippen LogP contribution >= 0.6 is 0 Å². The molecule has 2 heteroatoms. The Morgan fingerprint density at radius 3 is 2.78 bits per heavy atom. The lowest BCUT2D eigenvalue weighted by molar-refractivity contribution is 0.399. The van der Waals surface area contributed by atoms with Gasteiger partial charge in [-0.1, -0.05) is 18.2 Å². The Labute approximate surface area is 109 Å². The Balaban J connectivity index is 1.27. The summed E-state index contributed by atoms with van der Waals surface area (Å²) in [5.74, 6) is 1.07. The van der Waals surface area contributed by atoms with E-state index in [0.29, 0.717) is 6.04 Å². The third-order valence-corrected chi connectivity index (χ3v) is 5.05. The van der Waals surface area contributed by atoms with Gasteiger partial charge in [0.2, 0.25) is 0 Å². The van der Waals surface area contributed by atoms with Crippen molar-refractivity contribution < 1.29 is 0 Å². The van der Waals surface area contributed by atoms with Gasteiger partial charge in [-0.05, 0) is 55.1 Å². The van der Waals surface area contributed by atoms with Gasteiger partial charge in [-0.25, -0.2) is 0 Å². The summed E-state index contributed by atoms with van der Waals surface area (Å²) in [4.78, 5) is 0. The van der Waals surface area contributed by atoms with Crippen molar-refractivity contribution >= 4 is 5.69 Å². The molecule has 1 atom stereocenters. The minimum absolute atomic E-state index is 0.595. The van der Waals surface area contributed by atoms with Crippen LogP contribution in [-0.4, -0.2) is 19.1 Å². The van der Waals surface area contributed by atoms with E-state index in [1.165, 1.54) is 49.9 Å². The van der Waals surface area contributed by atoms with E-state index < -0.39 is 0 Å². The monoisotopic (exact) mass is 242 g/mol. The minimum Gasteiger partial charge on any atom is -0.380 e. The summed E-state index contributed by atoms with van der Waals surface area (Å²) in [6, 6.07) is 9.30. The van der Waals surface area contributed by atoms with Gasteiger partial charge in [0.15, 0.2) is 0 Å². The molecule has 1 aromatic rings. The fraction of sp³-hybridized carbons (Fsp3) is 0.625. The second kappa shape index (κ2) is 3.99. The fourth-order valence-electron chi connectivity index (χ4n) is 3.58. The molecule has 1 aromatic carbocycles. The third kappa shape index (κ3) is 1.93. The number of para-hydroxylation sites is 1. The van der Waals surface area contributed by atoms with Crippen LogP contribution in [0.15, 0.2) is 24.3 Å². The molecule has 1 unspecified atom stereocenters. The first-order valence-corrected chi connectivity index (χ1v) is 7.41. The molecule has 0 spiro atoms. The van der Waals surface area contributed by atoms with E-state index in [0.717, 1.165) is 17.9 Å². The summed E-state index contributed by atoms with van der Waals surface area (Å²) in [7, 11) is 0. The molecule has 0 radical (unpaired) electrons. The molecule has 1 heterocycles. The number of anilines is 1. The molecule has 4 rings (SSSR count). The molecular weight excluding hydrogens is 220 g/mol. The number of benzene rings is 1. The van der Waals surface area contributed by atoms with Crippen molar-refractivity contribution in [3.63, 3.8) is 0 Å². The highest BCUT2D eigenvalue weighted by atomic mass is 15.0. The Bertz CT molecular complexity index is 421. The van der Waals surface area contributed by atoms with Crippen molar-refractivity contribution in [3.8, 4) is 0 Å². The lowest BCUT2D eigenvalue weighted by Crippen LogP contribution is -2.35. The van der Waals surface area contributed by atoms with E-state index >= 15 is 0 Å². The molecular formula is C16H22N2. The highest BCUT2D eigenvalue weighted by Gasteiger charge is 2.53. The summed E-state index contributed by atoms with van der Waals surface area (Å²) < 4.78 is 0. The lowest BCUT2D eigenvalue weighted by Gasteiger charge is -2.18. The van der Waals surface area contributed by atoms with Crippen LogP contribution in [0.2, 0.25) is 0 Å². The molecule has 1 aliphatic heterocycles. The van der Waals surface area contributed by atoms with E-state index in [4.69, 9.17) is 0 Å². The van der Waals surface area contributed by atoms with Crippen molar-refractivity contribution in [2.45, 2.75) is 38.1 Å². The molecule has 0 saturated heterocycles. The molecule has 96 valence electrons. The van der Waals surface area contributed by atoms with Crippen LogP contribution < -0.4 is 10.6 Å². The van der Waals surface area contributed by atoms with Gasteiger partial charge < -0.3 is 10.6 Å². The zero-order valence-corrected chi connectivity index (χ0v) is 10.9. The van der Waals surface area contributed by atoms with Crippen molar-refractivity contribution in [1.29, 1.82) is 0 Å². The number of fused-ring (bicyclic) bond motifs is 1. The summed E-state index contributed by atoms with van der Waals surface area (Å²) in [5.41, 5.74) is 3.55. The summed E-state index contributed by atoms with van der Waals surface area (Å²) in [6.07, 6.45) is 7.12. The lowest BCUT2D eigenvalue weighted by atomic mass is 10.0. The predicted molar refractivity (Wildman–Crippen MR) is 74.8 cm³/mol. The average molecular weight is 242 g/mol. The first-order chi connectivity index (χ1) is 8.86. The smallest absolute Gasteiger partial charge is 0.0427 e. The van der Waals surface area contributed by atoms with Crippen LogP contribution in [0.25, 0.3) is 0 Å².